The number of piperidine rings is 1. The monoisotopic (exact) mass is 445 g/mol. The summed E-state index contributed by atoms with van der Waals surface area (Å²) < 4.78 is 30.9. The van der Waals surface area contributed by atoms with Crippen molar-refractivity contribution in [3.05, 3.63) is 59.7 Å². The molecule has 1 saturated heterocycles. The van der Waals surface area contributed by atoms with Gasteiger partial charge in [0.1, 0.15) is 5.75 Å². The molecule has 1 heterocycles. The van der Waals surface area contributed by atoms with E-state index in [4.69, 9.17) is 10.6 Å². The first-order valence-electron chi connectivity index (χ1n) is 10.0. The summed E-state index contributed by atoms with van der Waals surface area (Å²) >= 11 is 0. The van der Waals surface area contributed by atoms with Crippen LogP contribution < -0.4 is 10.6 Å². The lowest BCUT2D eigenvalue weighted by molar-refractivity contribution is -0.132. The number of Topliss-reactive ketones (excluding diaryl/α,β-unsaturated/α-hetero) is 1. The highest BCUT2D eigenvalue weighted by atomic mass is 32.2. The number of rotatable bonds is 7. The molecule has 2 aromatic carbocycles. The van der Waals surface area contributed by atoms with Crippen molar-refractivity contribution in [2.75, 3.05) is 26.7 Å². The van der Waals surface area contributed by atoms with Crippen LogP contribution in [0.1, 0.15) is 28.8 Å². The van der Waals surface area contributed by atoms with Gasteiger partial charge in [-0.25, -0.2) is 5.84 Å². The van der Waals surface area contributed by atoms with Gasteiger partial charge in [-0.1, -0.05) is 17.7 Å². The molecule has 1 aliphatic heterocycles. The number of amides is 1. The van der Waals surface area contributed by atoms with Gasteiger partial charge in [0.25, 0.3) is 15.9 Å². The fourth-order valence-electron chi connectivity index (χ4n) is 3.59. The minimum Gasteiger partial charge on any atom is -0.497 e. The number of ketones is 1. The van der Waals surface area contributed by atoms with Gasteiger partial charge in [0.05, 0.1) is 24.5 Å². The first-order chi connectivity index (χ1) is 14.7. The Kier molecular flexibility index (Phi) is 7.09. The van der Waals surface area contributed by atoms with Gasteiger partial charge in [0.15, 0.2) is 5.78 Å². The summed E-state index contributed by atoms with van der Waals surface area (Å²) in [6.07, 6.45) is 1.19. The number of sulfonamides is 1. The number of nitrogens with zero attached hydrogens (tertiary/aromatic N) is 2. The van der Waals surface area contributed by atoms with Gasteiger partial charge < -0.3 is 4.74 Å². The van der Waals surface area contributed by atoms with Crippen LogP contribution in [0.5, 0.6) is 5.75 Å². The Morgan fingerprint density at radius 1 is 1.13 bits per heavy atom. The van der Waals surface area contributed by atoms with E-state index in [0.717, 1.165) is 5.56 Å². The maximum atomic E-state index is 12.9. The average Bonchev–Trinajstić information content (AvgIpc) is 2.78. The molecule has 1 unspecified atom stereocenters. The van der Waals surface area contributed by atoms with E-state index in [0.29, 0.717) is 35.1 Å². The third-order valence-electron chi connectivity index (χ3n) is 5.43. The van der Waals surface area contributed by atoms with Crippen molar-refractivity contribution in [2.45, 2.75) is 24.7 Å². The SMILES string of the molecule is COc1ccc(C(=O)CN2CCCC(C(=O)N(N)S(=O)(=O)c3ccc(C)cc3)C2)cc1. The third-order valence-corrected chi connectivity index (χ3v) is 6.99. The molecule has 0 saturated carbocycles. The fraction of sp³-hybridized carbons (Fsp3) is 0.364. The van der Waals surface area contributed by atoms with E-state index >= 15 is 0 Å². The second-order valence-corrected chi connectivity index (χ2v) is 9.49. The third kappa shape index (κ3) is 5.30. The molecule has 3 rings (SSSR count). The zero-order chi connectivity index (χ0) is 22.6. The number of likely N-dealkylation sites (tertiary alicyclic amines) is 1. The largest absolute Gasteiger partial charge is 0.497 e. The van der Waals surface area contributed by atoms with Gasteiger partial charge >= 0.3 is 0 Å². The highest BCUT2D eigenvalue weighted by Crippen LogP contribution is 2.22. The second-order valence-electron chi connectivity index (χ2n) is 7.68. The van der Waals surface area contributed by atoms with Crippen molar-refractivity contribution in [3.8, 4) is 5.75 Å². The molecule has 1 fully saturated rings. The van der Waals surface area contributed by atoms with E-state index in [-0.39, 0.29) is 23.8 Å². The summed E-state index contributed by atoms with van der Waals surface area (Å²) in [6, 6.07) is 13.0. The Labute approximate surface area is 182 Å². The number of carbonyl (C=O) groups excluding carboxylic acids is 2. The van der Waals surface area contributed by atoms with Crippen LogP contribution in [0.2, 0.25) is 0 Å². The average molecular weight is 446 g/mol. The van der Waals surface area contributed by atoms with Crippen molar-refractivity contribution in [3.63, 3.8) is 0 Å². The van der Waals surface area contributed by atoms with Gasteiger partial charge in [0, 0.05) is 12.1 Å². The standard InChI is InChI=1S/C22H27N3O5S/c1-16-5-11-20(12-6-16)31(28,29)25(23)22(27)18-4-3-13-24(14-18)15-21(26)17-7-9-19(30-2)10-8-17/h5-12,18H,3-4,13-15,23H2,1-2H3. The predicted molar refractivity (Wildman–Crippen MR) is 116 cm³/mol. The molecule has 0 aromatic heterocycles. The van der Waals surface area contributed by atoms with Gasteiger partial charge in [-0.3, -0.25) is 14.5 Å². The Hall–Kier alpha value is -2.75. The highest BCUT2D eigenvalue weighted by Gasteiger charge is 2.34. The smallest absolute Gasteiger partial charge is 0.280 e. The summed E-state index contributed by atoms with van der Waals surface area (Å²) in [7, 11) is -2.57. The number of hydrogen-bond acceptors (Lipinski definition) is 7. The van der Waals surface area contributed by atoms with E-state index in [2.05, 4.69) is 0 Å². The number of hydrogen-bond donors (Lipinski definition) is 1. The topological polar surface area (TPSA) is 110 Å². The molecular formula is C22H27N3O5S. The van der Waals surface area contributed by atoms with Crippen LogP contribution >= 0.6 is 0 Å². The van der Waals surface area contributed by atoms with Crippen molar-refractivity contribution in [1.82, 2.24) is 9.31 Å². The summed E-state index contributed by atoms with van der Waals surface area (Å²) in [6.45, 7) is 2.91. The van der Waals surface area contributed by atoms with Gasteiger partial charge in [-0.2, -0.15) is 12.8 Å². The van der Waals surface area contributed by atoms with E-state index in [1.165, 1.54) is 12.1 Å². The van der Waals surface area contributed by atoms with Crippen LogP contribution in [0.3, 0.4) is 0 Å². The Balaban J connectivity index is 1.65. The highest BCUT2D eigenvalue weighted by molar-refractivity contribution is 7.89. The van der Waals surface area contributed by atoms with E-state index in [1.54, 1.807) is 43.5 Å². The zero-order valence-corrected chi connectivity index (χ0v) is 18.5. The van der Waals surface area contributed by atoms with E-state index in [1.807, 2.05) is 11.8 Å². The predicted octanol–water partition coefficient (Wildman–Crippen LogP) is 1.99. The molecular weight excluding hydrogens is 418 g/mol. The molecule has 2 aromatic rings. The van der Waals surface area contributed by atoms with Crippen LogP contribution in [0.15, 0.2) is 53.4 Å². The van der Waals surface area contributed by atoms with Crippen molar-refractivity contribution in [2.24, 2.45) is 11.8 Å². The first kappa shape index (κ1) is 22.9. The number of carbonyl (C=O) groups is 2. The van der Waals surface area contributed by atoms with Gasteiger partial charge in [0.2, 0.25) is 0 Å². The molecule has 0 radical (unpaired) electrons. The quantitative estimate of drug-likeness (QED) is 0.300. The van der Waals surface area contributed by atoms with E-state index < -0.39 is 21.8 Å². The Morgan fingerprint density at radius 3 is 2.39 bits per heavy atom. The number of aryl methyl sites for hydroxylation is 1. The summed E-state index contributed by atoms with van der Waals surface area (Å²) in [5, 5.41) is 0. The van der Waals surface area contributed by atoms with Crippen LogP contribution in [0, 0.1) is 12.8 Å². The second kappa shape index (κ2) is 9.59. The maximum Gasteiger partial charge on any atom is 0.280 e. The fourth-order valence-corrected chi connectivity index (χ4v) is 4.69. The number of ether oxygens (including phenoxy) is 1. The Morgan fingerprint density at radius 2 is 1.77 bits per heavy atom. The summed E-state index contributed by atoms with van der Waals surface area (Å²) in [5.41, 5.74) is 1.45. The first-order valence-corrected chi connectivity index (χ1v) is 11.5. The minimum absolute atomic E-state index is 0.0312. The van der Waals surface area contributed by atoms with E-state index in [9.17, 15) is 18.0 Å². The lowest BCUT2D eigenvalue weighted by atomic mass is 9.97. The number of methoxy groups -OCH3 is 1. The van der Waals surface area contributed by atoms with Crippen molar-refractivity contribution in [1.29, 1.82) is 0 Å². The molecule has 31 heavy (non-hydrogen) atoms. The molecule has 2 N–H and O–H groups in total. The molecule has 0 spiro atoms. The molecule has 1 amide bonds. The molecule has 8 nitrogen and oxygen atoms in total. The van der Waals surface area contributed by atoms with Crippen LogP contribution in [-0.4, -0.2) is 56.2 Å². The van der Waals surface area contributed by atoms with Gasteiger partial charge in [-0.15, -0.1) is 0 Å². The molecule has 1 atom stereocenters. The lowest BCUT2D eigenvalue weighted by Gasteiger charge is -2.33. The minimum atomic E-state index is -4.13. The summed E-state index contributed by atoms with van der Waals surface area (Å²) in [4.78, 5) is 27.3. The lowest BCUT2D eigenvalue weighted by Crippen LogP contribution is -2.50. The molecule has 0 bridgehead atoms. The van der Waals surface area contributed by atoms with Crippen molar-refractivity contribution >= 4 is 21.7 Å². The van der Waals surface area contributed by atoms with Crippen LogP contribution in [-0.2, 0) is 14.8 Å². The molecule has 1 aliphatic rings. The maximum absolute atomic E-state index is 12.9. The van der Waals surface area contributed by atoms with Gasteiger partial charge in [-0.05, 0) is 62.7 Å². The summed E-state index contributed by atoms with van der Waals surface area (Å²) in [5.74, 6) is 5.09. The molecule has 9 heteroatoms. The Bertz CT molecular complexity index is 1040. The molecule has 166 valence electrons. The van der Waals surface area contributed by atoms with Crippen LogP contribution in [0.25, 0.3) is 0 Å². The van der Waals surface area contributed by atoms with Crippen LogP contribution in [0.4, 0.5) is 0 Å². The zero-order valence-electron chi connectivity index (χ0n) is 17.7. The number of benzene rings is 2. The number of nitrogens with two attached hydrogens (primary N) is 1. The number of hydrazine groups is 1. The normalized spacial score (nSPS) is 17.2. The molecule has 0 aliphatic carbocycles. The van der Waals surface area contributed by atoms with Crippen molar-refractivity contribution < 1.29 is 22.7 Å².